The molecule has 0 saturated carbocycles. The molecule has 1 spiro atoms. The van der Waals surface area contributed by atoms with Crippen LogP contribution in [0.2, 0.25) is 0 Å². The van der Waals surface area contributed by atoms with Crippen LogP contribution in [0.25, 0.3) is 0 Å². The van der Waals surface area contributed by atoms with E-state index in [9.17, 15) is 0 Å². The zero-order chi connectivity index (χ0) is 15.7. The summed E-state index contributed by atoms with van der Waals surface area (Å²) in [7, 11) is 1.69. The summed E-state index contributed by atoms with van der Waals surface area (Å²) in [6, 6.07) is 4.21. The molecule has 1 aromatic carbocycles. The van der Waals surface area contributed by atoms with Crippen molar-refractivity contribution in [2.45, 2.75) is 25.8 Å². The van der Waals surface area contributed by atoms with Gasteiger partial charge >= 0.3 is 0 Å². The highest BCUT2D eigenvalue weighted by molar-refractivity contribution is 5.54. The number of nitrogens with one attached hydrogen (secondary N) is 1. The Morgan fingerprint density at radius 1 is 1.17 bits per heavy atom. The molecule has 1 aromatic rings. The summed E-state index contributed by atoms with van der Waals surface area (Å²) < 4.78 is 16.9. The standard InChI is InChI=1S/C18H26N2O3/c1-21-15-10-14(11-16-17(15)23-9-8-22-16)12-20-7-4-18(13-20)2-5-19-6-3-18/h10-11,19H,2-9,12-13H2,1H3. The van der Waals surface area contributed by atoms with Crippen molar-refractivity contribution in [2.24, 2.45) is 5.41 Å². The van der Waals surface area contributed by atoms with Gasteiger partial charge < -0.3 is 19.5 Å². The monoisotopic (exact) mass is 318 g/mol. The lowest BCUT2D eigenvalue weighted by molar-refractivity contribution is 0.164. The van der Waals surface area contributed by atoms with Crippen LogP contribution in [0, 0.1) is 5.41 Å². The molecule has 3 aliphatic heterocycles. The Morgan fingerprint density at radius 2 is 2.00 bits per heavy atom. The molecule has 0 unspecified atom stereocenters. The minimum atomic E-state index is 0.545. The number of methoxy groups -OCH3 is 1. The van der Waals surface area contributed by atoms with E-state index in [2.05, 4.69) is 22.3 Å². The van der Waals surface area contributed by atoms with Gasteiger partial charge in [0.05, 0.1) is 7.11 Å². The molecular formula is C18H26N2O3. The van der Waals surface area contributed by atoms with Crippen LogP contribution in [0.1, 0.15) is 24.8 Å². The molecule has 5 nitrogen and oxygen atoms in total. The first-order valence-corrected chi connectivity index (χ1v) is 8.68. The molecule has 0 atom stereocenters. The lowest BCUT2D eigenvalue weighted by Gasteiger charge is -2.34. The van der Waals surface area contributed by atoms with E-state index < -0.39 is 0 Å². The van der Waals surface area contributed by atoms with Crippen molar-refractivity contribution < 1.29 is 14.2 Å². The number of hydrogen-bond acceptors (Lipinski definition) is 5. The molecule has 126 valence electrons. The maximum absolute atomic E-state index is 5.75. The summed E-state index contributed by atoms with van der Waals surface area (Å²) >= 11 is 0. The fourth-order valence-corrected chi connectivity index (χ4v) is 4.20. The van der Waals surface area contributed by atoms with E-state index in [0.29, 0.717) is 18.6 Å². The first kappa shape index (κ1) is 15.1. The first-order valence-electron chi connectivity index (χ1n) is 8.68. The smallest absolute Gasteiger partial charge is 0.203 e. The van der Waals surface area contributed by atoms with Crippen LogP contribution in [-0.4, -0.2) is 51.4 Å². The van der Waals surface area contributed by atoms with Gasteiger partial charge in [0.15, 0.2) is 11.5 Å². The largest absolute Gasteiger partial charge is 0.493 e. The van der Waals surface area contributed by atoms with E-state index in [1.807, 2.05) is 0 Å². The molecule has 0 radical (unpaired) electrons. The molecule has 0 aliphatic carbocycles. The summed E-state index contributed by atoms with van der Waals surface area (Å²) in [5.41, 5.74) is 1.79. The molecule has 0 amide bonds. The number of piperidine rings is 1. The van der Waals surface area contributed by atoms with Gasteiger partial charge in [-0.25, -0.2) is 0 Å². The lowest BCUT2D eigenvalue weighted by atomic mass is 9.78. The van der Waals surface area contributed by atoms with E-state index in [4.69, 9.17) is 14.2 Å². The second-order valence-electron chi connectivity index (χ2n) is 7.03. The average Bonchev–Trinajstić information content (AvgIpc) is 2.96. The number of likely N-dealkylation sites (tertiary alicyclic amines) is 1. The maximum atomic E-state index is 5.75. The topological polar surface area (TPSA) is 43.0 Å². The Bertz CT molecular complexity index is 552. The third kappa shape index (κ3) is 3.00. The second kappa shape index (κ2) is 6.21. The summed E-state index contributed by atoms with van der Waals surface area (Å²) in [5, 5.41) is 3.48. The van der Waals surface area contributed by atoms with Crippen LogP contribution in [0.5, 0.6) is 17.2 Å². The Kier molecular flexibility index (Phi) is 4.07. The minimum absolute atomic E-state index is 0.545. The molecule has 4 rings (SSSR count). The number of fused-ring (bicyclic) bond motifs is 1. The molecule has 2 saturated heterocycles. The van der Waals surface area contributed by atoms with Gasteiger partial charge in [0.2, 0.25) is 5.75 Å². The molecule has 3 aliphatic rings. The van der Waals surface area contributed by atoms with Crippen LogP contribution in [0.15, 0.2) is 12.1 Å². The normalized spacial score (nSPS) is 23.2. The Hall–Kier alpha value is -1.46. The summed E-state index contributed by atoms with van der Waals surface area (Å²) in [5.74, 6) is 2.35. The Morgan fingerprint density at radius 3 is 2.83 bits per heavy atom. The third-order valence-electron chi connectivity index (χ3n) is 5.48. The number of rotatable bonds is 3. The number of ether oxygens (including phenoxy) is 3. The summed E-state index contributed by atoms with van der Waals surface area (Å²) in [6.07, 6.45) is 3.96. The van der Waals surface area contributed by atoms with Crippen molar-refractivity contribution in [3.8, 4) is 17.2 Å². The quantitative estimate of drug-likeness (QED) is 0.924. The van der Waals surface area contributed by atoms with E-state index in [1.54, 1.807) is 7.11 Å². The van der Waals surface area contributed by atoms with Crippen LogP contribution in [0.4, 0.5) is 0 Å². The molecule has 0 aromatic heterocycles. The van der Waals surface area contributed by atoms with Crippen LogP contribution < -0.4 is 19.5 Å². The van der Waals surface area contributed by atoms with Gasteiger partial charge in [-0.3, -0.25) is 4.90 Å². The van der Waals surface area contributed by atoms with Gasteiger partial charge in [-0.05, 0) is 62.0 Å². The fraction of sp³-hybridized carbons (Fsp3) is 0.667. The molecule has 1 N–H and O–H groups in total. The summed E-state index contributed by atoms with van der Waals surface area (Å²) in [6.45, 7) is 6.91. The fourth-order valence-electron chi connectivity index (χ4n) is 4.20. The molecule has 3 heterocycles. The molecule has 5 heteroatoms. The predicted molar refractivity (Wildman–Crippen MR) is 88.4 cm³/mol. The minimum Gasteiger partial charge on any atom is -0.493 e. The Balaban J connectivity index is 1.49. The number of hydrogen-bond donors (Lipinski definition) is 1. The Labute approximate surface area is 137 Å². The van der Waals surface area contributed by atoms with Gasteiger partial charge in [-0.15, -0.1) is 0 Å². The van der Waals surface area contributed by atoms with Crippen molar-refractivity contribution >= 4 is 0 Å². The number of nitrogens with zero attached hydrogens (tertiary/aromatic N) is 1. The van der Waals surface area contributed by atoms with Crippen LogP contribution in [0.3, 0.4) is 0 Å². The second-order valence-corrected chi connectivity index (χ2v) is 7.03. The average molecular weight is 318 g/mol. The third-order valence-corrected chi connectivity index (χ3v) is 5.48. The molecular weight excluding hydrogens is 292 g/mol. The van der Waals surface area contributed by atoms with Crippen molar-refractivity contribution in [3.63, 3.8) is 0 Å². The van der Waals surface area contributed by atoms with Gasteiger partial charge in [0, 0.05) is 13.1 Å². The van der Waals surface area contributed by atoms with Crippen molar-refractivity contribution in [1.29, 1.82) is 0 Å². The maximum Gasteiger partial charge on any atom is 0.203 e. The zero-order valence-corrected chi connectivity index (χ0v) is 13.9. The first-order chi connectivity index (χ1) is 11.3. The summed E-state index contributed by atoms with van der Waals surface area (Å²) in [4.78, 5) is 2.58. The van der Waals surface area contributed by atoms with E-state index in [0.717, 1.165) is 23.8 Å². The lowest BCUT2D eigenvalue weighted by Crippen LogP contribution is -2.38. The highest BCUT2D eigenvalue weighted by Gasteiger charge is 2.38. The van der Waals surface area contributed by atoms with Gasteiger partial charge in [0.25, 0.3) is 0 Å². The highest BCUT2D eigenvalue weighted by Crippen LogP contribution is 2.42. The van der Waals surface area contributed by atoms with E-state index in [1.165, 1.54) is 51.0 Å². The molecule has 2 fully saturated rings. The van der Waals surface area contributed by atoms with Gasteiger partial charge in [0.1, 0.15) is 13.2 Å². The highest BCUT2D eigenvalue weighted by atomic mass is 16.6. The molecule has 0 bridgehead atoms. The zero-order valence-electron chi connectivity index (χ0n) is 13.9. The van der Waals surface area contributed by atoms with Crippen molar-refractivity contribution in [3.05, 3.63) is 17.7 Å². The van der Waals surface area contributed by atoms with Crippen molar-refractivity contribution in [2.75, 3.05) is 46.5 Å². The van der Waals surface area contributed by atoms with Crippen LogP contribution >= 0.6 is 0 Å². The van der Waals surface area contributed by atoms with E-state index >= 15 is 0 Å². The van der Waals surface area contributed by atoms with Gasteiger partial charge in [-0.1, -0.05) is 0 Å². The van der Waals surface area contributed by atoms with E-state index in [-0.39, 0.29) is 0 Å². The SMILES string of the molecule is COc1cc(CN2CCC3(CCNCC3)C2)cc2c1OCCO2. The van der Waals surface area contributed by atoms with Gasteiger partial charge in [-0.2, -0.15) is 0 Å². The van der Waals surface area contributed by atoms with Crippen LogP contribution in [-0.2, 0) is 6.54 Å². The van der Waals surface area contributed by atoms with Crippen molar-refractivity contribution in [1.82, 2.24) is 10.2 Å². The molecule has 23 heavy (non-hydrogen) atoms. The number of benzene rings is 1. The predicted octanol–water partition coefficient (Wildman–Crippen LogP) is 2.04.